The van der Waals surface area contributed by atoms with E-state index in [1.165, 1.54) is 31.7 Å². The SMILES string of the molecule is CC(=O)Oc1ccc2c(c1)OCC1C2CC[C@]2(C)C=CCC12. The van der Waals surface area contributed by atoms with Crippen LogP contribution in [0, 0.1) is 17.3 Å². The fourth-order valence-corrected chi connectivity index (χ4v) is 4.75. The van der Waals surface area contributed by atoms with Gasteiger partial charge in [0, 0.05) is 18.9 Å². The molecular formula is C19H22O3. The number of esters is 1. The average Bonchev–Trinajstić information content (AvgIpc) is 2.88. The molecule has 1 aliphatic heterocycles. The minimum absolute atomic E-state index is 0.293. The van der Waals surface area contributed by atoms with Crippen LogP contribution in [0.25, 0.3) is 0 Å². The maximum absolute atomic E-state index is 11.1. The Labute approximate surface area is 131 Å². The summed E-state index contributed by atoms with van der Waals surface area (Å²) < 4.78 is 11.2. The molecule has 116 valence electrons. The number of hydrogen-bond donors (Lipinski definition) is 0. The average molecular weight is 298 g/mol. The Morgan fingerprint density at radius 1 is 1.41 bits per heavy atom. The van der Waals surface area contributed by atoms with E-state index < -0.39 is 0 Å². The molecule has 3 aliphatic rings. The van der Waals surface area contributed by atoms with Gasteiger partial charge in [0.1, 0.15) is 11.5 Å². The van der Waals surface area contributed by atoms with Crippen LogP contribution in [0.3, 0.4) is 0 Å². The zero-order valence-corrected chi connectivity index (χ0v) is 13.2. The minimum Gasteiger partial charge on any atom is -0.493 e. The van der Waals surface area contributed by atoms with E-state index in [0.717, 1.165) is 12.4 Å². The Kier molecular flexibility index (Phi) is 3.07. The molecule has 0 N–H and O–H groups in total. The van der Waals surface area contributed by atoms with Crippen LogP contribution in [0.15, 0.2) is 30.4 Å². The lowest BCUT2D eigenvalue weighted by atomic mass is 9.58. The molecule has 2 aliphatic carbocycles. The molecule has 1 heterocycles. The summed E-state index contributed by atoms with van der Waals surface area (Å²) in [5.74, 6) is 3.06. The highest BCUT2D eigenvalue weighted by Gasteiger charge is 2.49. The van der Waals surface area contributed by atoms with Crippen LogP contribution >= 0.6 is 0 Å². The third-order valence-corrected chi connectivity index (χ3v) is 5.84. The zero-order valence-electron chi connectivity index (χ0n) is 13.2. The van der Waals surface area contributed by atoms with Gasteiger partial charge in [-0.3, -0.25) is 4.79 Å². The van der Waals surface area contributed by atoms with Crippen LogP contribution in [0.2, 0.25) is 0 Å². The van der Waals surface area contributed by atoms with E-state index in [1.807, 2.05) is 12.1 Å². The van der Waals surface area contributed by atoms with Crippen LogP contribution in [0.1, 0.15) is 44.6 Å². The highest BCUT2D eigenvalue weighted by molar-refractivity contribution is 5.69. The summed E-state index contributed by atoms with van der Waals surface area (Å²) in [4.78, 5) is 11.1. The van der Waals surface area contributed by atoms with E-state index in [4.69, 9.17) is 9.47 Å². The quantitative estimate of drug-likeness (QED) is 0.445. The van der Waals surface area contributed by atoms with Crippen LogP contribution in [-0.2, 0) is 4.79 Å². The molecule has 4 rings (SSSR count). The van der Waals surface area contributed by atoms with Gasteiger partial charge >= 0.3 is 5.97 Å². The van der Waals surface area contributed by atoms with Gasteiger partial charge in [-0.25, -0.2) is 0 Å². The van der Waals surface area contributed by atoms with Crippen molar-refractivity contribution in [3.8, 4) is 11.5 Å². The summed E-state index contributed by atoms with van der Waals surface area (Å²) in [6.07, 6.45) is 8.42. The highest BCUT2D eigenvalue weighted by atomic mass is 16.5. The van der Waals surface area contributed by atoms with E-state index in [2.05, 4.69) is 25.1 Å². The van der Waals surface area contributed by atoms with E-state index >= 15 is 0 Å². The van der Waals surface area contributed by atoms with Crippen LogP contribution in [-0.4, -0.2) is 12.6 Å². The molecule has 1 aromatic rings. The molecule has 3 unspecified atom stereocenters. The normalized spacial score (nSPS) is 35.1. The van der Waals surface area contributed by atoms with Gasteiger partial charge in [-0.05, 0) is 48.1 Å². The van der Waals surface area contributed by atoms with Gasteiger partial charge in [-0.1, -0.05) is 25.1 Å². The third-order valence-electron chi connectivity index (χ3n) is 5.84. The monoisotopic (exact) mass is 298 g/mol. The van der Waals surface area contributed by atoms with Gasteiger partial charge in [0.2, 0.25) is 0 Å². The van der Waals surface area contributed by atoms with E-state index in [-0.39, 0.29) is 5.97 Å². The lowest BCUT2D eigenvalue weighted by Gasteiger charge is -2.48. The predicted molar refractivity (Wildman–Crippen MR) is 84.1 cm³/mol. The topological polar surface area (TPSA) is 35.5 Å². The first-order valence-electron chi connectivity index (χ1n) is 8.20. The molecule has 1 saturated carbocycles. The van der Waals surface area contributed by atoms with Crippen molar-refractivity contribution in [3.05, 3.63) is 35.9 Å². The minimum atomic E-state index is -0.293. The van der Waals surface area contributed by atoms with Gasteiger partial charge < -0.3 is 9.47 Å². The fraction of sp³-hybridized carbons (Fsp3) is 0.526. The van der Waals surface area contributed by atoms with E-state index in [1.54, 1.807) is 0 Å². The number of rotatable bonds is 1. The largest absolute Gasteiger partial charge is 0.493 e. The summed E-state index contributed by atoms with van der Waals surface area (Å²) >= 11 is 0. The summed E-state index contributed by atoms with van der Waals surface area (Å²) in [6, 6.07) is 5.86. The van der Waals surface area contributed by atoms with E-state index in [9.17, 15) is 4.79 Å². The second-order valence-corrected chi connectivity index (χ2v) is 7.16. The fourth-order valence-electron chi connectivity index (χ4n) is 4.75. The number of benzene rings is 1. The van der Waals surface area contributed by atoms with Crippen molar-refractivity contribution in [2.75, 3.05) is 6.61 Å². The van der Waals surface area contributed by atoms with Crippen molar-refractivity contribution >= 4 is 5.97 Å². The Morgan fingerprint density at radius 3 is 3.09 bits per heavy atom. The Hall–Kier alpha value is -1.77. The molecule has 3 nitrogen and oxygen atoms in total. The smallest absolute Gasteiger partial charge is 0.308 e. The second kappa shape index (κ2) is 4.87. The van der Waals surface area contributed by atoms with Gasteiger partial charge in [-0.15, -0.1) is 0 Å². The molecule has 0 spiro atoms. The molecule has 0 radical (unpaired) electrons. The summed E-state index contributed by atoms with van der Waals surface area (Å²) in [7, 11) is 0. The first kappa shape index (κ1) is 13.9. The maximum atomic E-state index is 11.1. The molecule has 1 fully saturated rings. The lowest BCUT2D eigenvalue weighted by molar-refractivity contribution is -0.131. The first-order valence-corrected chi connectivity index (χ1v) is 8.20. The lowest BCUT2D eigenvalue weighted by Crippen LogP contribution is -2.42. The number of fused-ring (bicyclic) bond motifs is 5. The van der Waals surface area contributed by atoms with Crippen molar-refractivity contribution in [3.63, 3.8) is 0 Å². The van der Waals surface area contributed by atoms with Gasteiger partial charge in [0.05, 0.1) is 6.61 Å². The number of carbonyl (C=O) groups excluding carboxylic acids is 1. The molecule has 0 aromatic heterocycles. The molecule has 0 bridgehead atoms. The molecular weight excluding hydrogens is 276 g/mol. The number of allylic oxidation sites excluding steroid dienone is 2. The standard InChI is InChI=1S/C19H22O3/c1-12(20)22-13-5-6-15-14-7-9-19(2)8-3-4-17(19)16(14)11-21-18(15)10-13/h3,5-6,8,10,14,16-17H,4,7,9,11H2,1-2H3/t14?,16?,17?,19-/m0/s1. The second-order valence-electron chi connectivity index (χ2n) is 7.16. The van der Waals surface area contributed by atoms with Crippen molar-refractivity contribution in [2.24, 2.45) is 17.3 Å². The van der Waals surface area contributed by atoms with Crippen molar-refractivity contribution in [1.29, 1.82) is 0 Å². The summed E-state index contributed by atoms with van der Waals surface area (Å²) in [5, 5.41) is 0. The molecule has 22 heavy (non-hydrogen) atoms. The Morgan fingerprint density at radius 2 is 2.27 bits per heavy atom. The van der Waals surface area contributed by atoms with Gasteiger partial charge in [0.15, 0.2) is 0 Å². The number of hydrogen-bond acceptors (Lipinski definition) is 3. The Bertz CT molecular complexity index is 648. The van der Waals surface area contributed by atoms with Crippen molar-refractivity contribution < 1.29 is 14.3 Å². The van der Waals surface area contributed by atoms with E-state index in [0.29, 0.717) is 28.9 Å². The summed E-state index contributed by atoms with van der Waals surface area (Å²) in [6.45, 7) is 4.60. The summed E-state index contributed by atoms with van der Waals surface area (Å²) in [5.41, 5.74) is 1.65. The highest BCUT2D eigenvalue weighted by Crippen LogP contribution is 2.58. The zero-order chi connectivity index (χ0) is 15.3. The van der Waals surface area contributed by atoms with Crippen LogP contribution < -0.4 is 9.47 Å². The van der Waals surface area contributed by atoms with Gasteiger partial charge in [0.25, 0.3) is 0 Å². The molecule has 0 amide bonds. The molecule has 3 heteroatoms. The number of ether oxygens (including phenoxy) is 2. The van der Waals surface area contributed by atoms with Crippen molar-refractivity contribution in [1.82, 2.24) is 0 Å². The molecule has 1 aromatic carbocycles. The molecule has 0 saturated heterocycles. The predicted octanol–water partition coefficient (Wildman–Crippen LogP) is 4.08. The Balaban J connectivity index is 1.64. The maximum Gasteiger partial charge on any atom is 0.308 e. The van der Waals surface area contributed by atoms with Crippen LogP contribution in [0.5, 0.6) is 11.5 Å². The third kappa shape index (κ3) is 2.06. The first-order chi connectivity index (χ1) is 10.6. The van der Waals surface area contributed by atoms with Crippen molar-refractivity contribution in [2.45, 2.75) is 39.0 Å². The van der Waals surface area contributed by atoms with Crippen LogP contribution in [0.4, 0.5) is 0 Å². The van der Waals surface area contributed by atoms with Gasteiger partial charge in [-0.2, -0.15) is 0 Å². The number of carbonyl (C=O) groups is 1. The molecule has 4 atom stereocenters.